The number of hydrogen-bond donors (Lipinski definition) is 1. The second-order valence-electron chi connectivity index (χ2n) is 7.47. The highest BCUT2D eigenvalue weighted by molar-refractivity contribution is 5.59. The third-order valence-corrected chi connectivity index (χ3v) is 5.34. The highest BCUT2D eigenvalue weighted by atomic mass is 16.7. The number of benzene rings is 1. The zero-order valence-corrected chi connectivity index (χ0v) is 15.5. The van der Waals surface area contributed by atoms with Gasteiger partial charge in [-0.25, -0.2) is 4.98 Å². The predicted octanol–water partition coefficient (Wildman–Crippen LogP) is 1.41. The second kappa shape index (κ2) is 7.52. The number of aromatic nitrogens is 2. The fourth-order valence-electron chi connectivity index (χ4n) is 3.61. The van der Waals surface area contributed by atoms with E-state index in [1.54, 1.807) is 0 Å². The molecule has 2 aliphatic heterocycles. The smallest absolute Gasteiger partial charge is 0.253 e. The van der Waals surface area contributed by atoms with Crippen molar-refractivity contribution in [1.29, 1.82) is 0 Å². The van der Waals surface area contributed by atoms with Gasteiger partial charge >= 0.3 is 0 Å². The molecule has 144 valence electrons. The summed E-state index contributed by atoms with van der Waals surface area (Å²) in [6.07, 6.45) is 2.48. The van der Waals surface area contributed by atoms with Gasteiger partial charge in [0.25, 0.3) is 5.56 Å². The van der Waals surface area contributed by atoms with Crippen molar-refractivity contribution in [3.63, 3.8) is 0 Å². The molecule has 2 fully saturated rings. The number of rotatable bonds is 4. The lowest BCUT2D eigenvalue weighted by Crippen LogP contribution is -2.46. The van der Waals surface area contributed by atoms with E-state index in [2.05, 4.69) is 9.88 Å². The van der Waals surface area contributed by atoms with Crippen LogP contribution in [-0.2, 0) is 16.0 Å². The zero-order valence-electron chi connectivity index (χ0n) is 15.5. The van der Waals surface area contributed by atoms with E-state index in [1.165, 1.54) is 17.0 Å². The summed E-state index contributed by atoms with van der Waals surface area (Å²) in [4.78, 5) is 19.2. The number of ether oxygens (including phenoxy) is 2. The van der Waals surface area contributed by atoms with Gasteiger partial charge in [0.2, 0.25) is 0 Å². The van der Waals surface area contributed by atoms with Gasteiger partial charge in [0.15, 0.2) is 6.29 Å². The molecule has 3 heterocycles. The second-order valence-corrected chi connectivity index (χ2v) is 7.47. The Balaban J connectivity index is 1.53. The first-order valence-electron chi connectivity index (χ1n) is 9.33. The van der Waals surface area contributed by atoms with E-state index in [9.17, 15) is 9.90 Å². The molecule has 2 saturated heterocycles. The SMILES string of the molecule is CN1CCC(O)(Cn2cnc(-c3cccc(C4OCCO4)c3)cc2=O)CC1. The predicted molar refractivity (Wildman–Crippen MR) is 100 cm³/mol. The maximum atomic E-state index is 12.6. The number of hydrogen-bond acceptors (Lipinski definition) is 6. The van der Waals surface area contributed by atoms with Gasteiger partial charge in [-0.15, -0.1) is 0 Å². The van der Waals surface area contributed by atoms with Crippen molar-refractivity contribution < 1.29 is 14.6 Å². The van der Waals surface area contributed by atoms with Crippen molar-refractivity contribution in [3.8, 4) is 11.3 Å². The molecule has 0 radical (unpaired) electrons. The minimum absolute atomic E-state index is 0.161. The van der Waals surface area contributed by atoms with Crippen LogP contribution in [0, 0.1) is 0 Å². The third kappa shape index (κ3) is 4.11. The van der Waals surface area contributed by atoms with Crippen LogP contribution in [0.5, 0.6) is 0 Å². The van der Waals surface area contributed by atoms with Crippen molar-refractivity contribution in [2.45, 2.75) is 31.3 Å². The van der Waals surface area contributed by atoms with E-state index >= 15 is 0 Å². The summed E-state index contributed by atoms with van der Waals surface area (Å²) in [5, 5.41) is 10.8. The van der Waals surface area contributed by atoms with Crippen molar-refractivity contribution in [3.05, 3.63) is 52.6 Å². The zero-order chi connectivity index (χ0) is 18.9. The molecule has 0 aliphatic carbocycles. The normalized spacial score (nSPS) is 20.8. The largest absolute Gasteiger partial charge is 0.388 e. The summed E-state index contributed by atoms with van der Waals surface area (Å²) < 4.78 is 12.6. The molecule has 1 aromatic carbocycles. The third-order valence-electron chi connectivity index (χ3n) is 5.34. The Morgan fingerprint density at radius 2 is 1.96 bits per heavy atom. The van der Waals surface area contributed by atoms with Crippen LogP contribution in [0.15, 0.2) is 41.5 Å². The van der Waals surface area contributed by atoms with Crippen molar-refractivity contribution in [2.24, 2.45) is 0 Å². The van der Waals surface area contributed by atoms with Crippen LogP contribution in [-0.4, -0.2) is 58.5 Å². The maximum absolute atomic E-state index is 12.6. The lowest BCUT2D eigenvalue weighted by molar-refractivity contribution is -0.0440. The summed E-state index contributed by atoms with van der Waals surface area (Å²) in [6, 6.07) is 9.22. The fourth-order valence-corrected chi connectivity index (χ4v) is 3.61. The van der Waals surface area contributed by atoms with Gasteiger partial charge in [0.05, 0.1) is 37.4 Å². The Labute approximate surface area is 158 Å². The number of aliphatic hydroxyl groups is 1. The average Bonchev–Trinajstić information content (AvgIpc) is 3.21. The van der Waals surface area contributed by atoms with Crippen LogP contribution in [0.3, 0.4) is 0 Å². The van der Waals surface area contributed by atoms with E-state index in [4.69, 9.17) is 9.47 Å². The van der Waals surface area contributed by atoms with Crippen molar-refractivity contribution in [2.75, 3.05) is 33.4 Å². The Morgan fingerprint density at radius 1 is 1.22 bits per heavy atom. The molecule has 0 saturated carbocycles. The lowest BCUT2D eigenvalue weighted by Gasteiger charge is -2.36. The Kier molecular flexibility index (Phi) is 5.10. The maximum Gasteiger partial charge on any atom is 0.253 e. The minimum atomic E-state index is -0.851. The lowest BCUT2D eigenvalue weighted by atomic mass is 9.91. The average molecular weight is 371 g/mol. The molecule has 0 amide bonds. The monoisotopic (exact) mass is 371 g/mol. The molecule has 0 unspecified atom stereocenters. The van der Waals surface area contributed by atoms with E-state index in [0.717, 1.165) is 24.2 Å². The van der Waals surface area contributed by atoms with Crippen LogP contribution in [0.2, 0.25) is 0 Å². The highest BCUT2D eigenvalue weighted by Crippen LogP contribution is 2.27. The van der Waals surface area contributed by atoms with E-state index < -0.39 is 5.60 Å². The van der Waals surface area contributed by atoms with Crippen LogP contribution >= 0.6 is 0 Å². The molecule has 7 nitrogen and oxygen atoms in total. The summed E-state index contributed by atoms with van der Waals surface area (Å²) in [6.45, 7) is 3.10. The summed E-state index contributed by atoms with van der Waals surface area (Å²) >= 11 is 0. The van der Waals surface area contributed by atoms with Gasteiger partial charge in [-0.05, 0) is 26.0 Å². The highest BCUT2D eigenvalue weighted by Gasteiger charge is 2.31. The number of likely N-dealkylation sites (tertiary alicyclic amines) is 1. The molecule has 2 aliphatic rings. The number of nitrogens with zero attached hydrogens (tertiary/aromatic N) is 3. The van der Waals surface area contributed by atoms with Crippen LogP contribution in [0.1, 0.15) is 24.7 Å². The number of piperidine rings is 1. The first-order valence-corrected chi connectivity index (χ1v) is 9.33. The van der Waals surface area contributed by atoms with E-state index in [-0.39, 0.29) is 18.4 Å². The Morgan fingerprint density at radius 3 is 2.67 bits per heavy atom. The standard InChI is InChI=1S/C20H25N3O4/c1-22-7-5-20(25,6-8-22)13-23-14-21-17(12-18(23)24)15-3-2-4-16(11-15)19-26-9-10-27-19/h2-4,11-12,14,19,25H,5-10,13H2,1H3. The fraction of sp³-hybridized carbons (Fsp3) is 0.500. The molecule has 4 rings (SSSR count). The van der Waals surface area contributed by atoms with Gasteiger partial charge in [-0.2, -0.15) is 0 Å². The van der Waals surface area contributed by atoms with E-state index in [0.29, 0.717) is 31.7 Å². The quantitative estimate of drug-likeness (QED) is 0.876. The summed E-state index contributed by atoms with van der Waals surface area (Å²) in [5.74, 6) is 0. The Hall–Kier alpha value is -2.06. The summed E-state index contributed by atoms with van der Waals surface area (Å²) in [5.41, 5.74) is 1.35. The van der Waals surface area contributed by atoms with Crippen molar-refractivity contribution >= 4 is 0 Å². The topological polar surface area (TPSA) is 76.8 Å². The molecule has 0 spiro atoms. The molecular formula is C20H25N3O4. The van der Waals surface area contributed by atoms with E-state index in [1.807, 2.05) is 31.3 Å². The summed E-state index contributed by atoms with van der Waals surface area (Å²) in [7, 11) is 2.04. The molecule has 0 bridgehead atoms. The van der Waals surface area contributed by atoms with Crippen LogP contribution < -0.4 is 5.56 Å². The molecule has 2 aromatic rings. The van der Waals surface area contributed by atoms with Gasteiger partial charge < -0.3 is 19.5 Å². The molecule has 7 heteroatoms. The molecule has 1 aromatic heterocycles. The van der Waals surface area contributed by atoms with Gasteiger partial charge in [0.1, 0.15) is 0 Å². The molecular weight excluding hydrogens is 346 g/mol. The first-order chi connectivity index (χ1) is 13.0. The molecule has 1 N–H and O–H groups in total. The van der Waals surface area contributed by atoms with Crippen LogP contribution in [0.25, 0.3) is 11.3 Å². The first kappa shape index (κ1) is 18.3. The van der Waals surface area contributed by atoms with Gasteiger partial charge in [0, 0.05) is 30.3 Å². The van der Waals surface area contributed by atoms with Gasteiger partial charge in [-0.3, -0.25) is 9.36 Å². The van der Waals surface area contributed by atoms with Crippen molar-refractivity contribution in [1.82, 2.24) is 14.5 Å². The molecule has 27 heavy (non-hydrogen) atoms. The van der Waals surface area contributed by atoms with Crippen LogP contribution in [0.4, 0.5) is 0 Å². The van der Waals surface area contributed by atoms with Gasteiger partial charge in [-0.1, -0.05) is 18.2 Å². The minimum Gasteiger partial charge on any atom is -0.388 e. The Bertz CT molecular complexity index is 852. The molecule has 0 atom stereocenters.